The number of benzene rings is 3. The second-order valence-corrected chi connectivity index (χ2v) is 7.23. The summed E-state index contributed by atoms with van der Waals surface area (Å²) in [6.07, 6.45) is 0. The number of nitrogens with zero attached hydrogens (tertiary/aromatic N) is 1. The number of nitro benzene ring substituents is 1. The fourth-order valence-corrected chi connectivity index (χ4v) is 3.11. The van der Waals surface area contributed by atoms with E-state index in [-0.39, 0.29) is 34.4 Å². The molecular weight excluding hydrogens is 490 g/mol. The van der Waals surface area contributed by atoms with E-state index in [4.69, 9.17) is 5.11 Å². The molecule has 0 saturated heterocycles. The minimum Gasteiger partial charge on any atom is -0.478 e. The van der Waals surface area contributed by atoms with Crippen LogP contribution in [0, 0.1) is 10.1 Å². The average Bonchev–Trinajstić information content (AvgIpc) is 2.78. The van der Waals surface area contributed by atoms with Crippen molar-refractivity contribution < 1.29 is 36.7 Å². The molecule has 0 unspecified atom stereocenters. The minimum absolute atomic E-state index is 0. The van der Waals surface area contributed by atoms with Crippen molar-refractivity contribution in [2.24, 2.45) is 0 Å². The number of rotatable bonds is 6. The molecule has 0 aromatic heterocycles. The van der Waals surface area contributed by atoms with Crippen molar-refractivity contribution in [1.29, 1.82) is 0 Å². The van der Waals surface area contributed by atoms with Crippen LogP contribution in [0.25, 0.3) is 0 Å². The summed E-state index contributed by atoms with van der Waals surface area (Å²) in [6.45, 7) is 0. The molecule has 0 heterocycles. The van der Waals surface area contributed by atoms with Crippen molar-refractivity contribution in [2.75, 3.05) is 0 Å². The van der Waals surface area contributed by atoms with Gasteiger partial charge >= 0.3 is 12.0 Å². The molecule has 165 valence electrons. The molecule has 0 saturated carbocycles. The predicted octanol–water partition coefficient (Wildman–Crippen LogP) is 4.99. The summed E-state index contributed by atoms with van der Waals surface area (Å²) < 4.78 is 5.43. The number of nitro groups is 1. The molecule has 0 aliphatic heterocycles. The molecule has 0 bridgehead atoms. The van der Waals surface area contributed by atoms with Crippen molar-refractivity contribution in [2.45, 2.75) is 9.79 Å². The molecule has 31 heavy (non-hydrogen) atoms. The Bertz CT molecular complexity index is 899. The number of carboxylic acids is 1. The number of carbonyl (C=O) groups is 2. The van der Waals surface area contributed by atoms with Crippen molar-refractivity contribution in [3.8, 4) is 0 Å². The Balaban J connectivity index is 0.000000324. The normalized spacial score (nSPS) is 9.29. The first-order chi connectivity index (χ1) is 14.5. The maximum Gasteiger partial charge on any atom is 0.335 e. The molecule has 1 radical (unpaired) electrons. The molecule has 3 N–H and O–H groups in total. The van der Waals surface area contributed by atoms with Gasteiger partial charge in [-0.2, -0.15) is 0 Å². The molecule has 11 heteroatoms. The average molecular weight is 507 g/mol. The van der Waals surface area contributed by atoms with E-state index in [9.17, 15) is 19.7 Å². The number of aromatic carboxylic acids is 1. The van der Waals surface area contributed by atoms with Crippen LogP contribution < -0.4 is 9.44 Å². The summed E-state index contributed by atoms with van der Waals surface area (Å²) in [7, 11) is 0. The maximum absolute atomic E-state index is 11.5. The topological polar surface area (TPSA) is 122 Å². The zero-order valence-electron chi connectivity index (χ0n) is 15.7. The zero-order valence-corrected chi connectivity index (χ0v) is 18.3. The van der Waals surface area contributed by atoms with Crippen LogP contribution >= 0.6 is 23.9 Å². The number of hydrogen-bond acceptors (Lipinski definition) is 6. The fourth-order valence-electron chi connectivity index (χ4n) is 1.93. The van der Waals surface area contributed by atoms with Crippen LogP contribution in [0.1, 0.15) is 10.4 Å². The summed E-state index contributed by atoms with van der Waals surface area (Å²) >= 11 is 2.58. The van der Waals surface area contributed by atoms with E-state index in [1.54, 1.807) is 0 Å². The van der Waals surface area contributed by atoms with Crippen LogP contribution in [0.4, 0.5) is 10.5 Å². The largest absolute Gasteiger partial charge is 0.478 e. The predicted molar refractivity (Wildman–Crippen MR) is 116 cm³/mol. The second kappa shape index (κ2) is 14.1. The van der Waals surface area contributed by atoms with Gasteiger partial charge in [0.25, 0.3) is 5.69 Å². The number of carboxylic acid groups (broad SMARTS) is 1. The molecule has 3 aromatic rings. The van der Waals surface area contributed by atoms with Crippen LogP contribution in [0.15, 0.2) is 94.7 Å². The maximum atomic E-state index is 11.5. The number of non-ortho nitro benzene ring substituents is 1. The first kappa shape index (κ1) is 26.1. The molecule has 3 aromatic carbocycles. The van der Waals surface area contributed by atoms with E-state index in [2.05, 4.69) is 9.44 Å². The summed E-state index contributed by atoms with van der Waals surface area (Å²) in [6, 6.07) is 23.8. The summed E-state index contributed by atoms with van der Waals surface area (Å²) in [5.74, 6) is -1.09. The summed E-state index contributed by atoms with van der Waals surface area (Å²) in [5.41, 5.74) is -0.0689. The Labute approximate surface area is 197 Å². The second-order valence-electron chi connectivity index (χ2n) is 5.47. The molecule has 0 atom stereocenters. The third-order valence-corrected chi connectivity index (χ3v) is 4.93. The van der Waals surface area contributed by atoms with Gasteiger partial charge in [-0.3, -0.25) is 19.6 Å². The van der Waals surface area contributed by atoms with E-state index in [0.717, 1.165) is 21.9 Å². The van der Waals surface area contributed by atoms with Crippen molar-refractivity contribution >= 4 is 41.6 Å². The molecule has 2 amide bonds. The Morgan fingerprint density at radius 3 is 1.55 bits per heavy atom. The van der Waals surface area contributed by atoms with Crippen LogP contribution in [0.3, 0.4) is 0 Å². The van der Waals surface area contributed by atoms with E-state index in [1.807, 2.05) is 60.7 Å². The Hall–Kier alpha value is -2.98. The van der Waals surface area contributed by atoms with Gasteiger partial charge in [0.15, 0.2) is 0 Å². The number of nitrogens with one attached hydrogen (secondary N) is 2. The Kier molecular flexibility index (Phi) is 11.9. The molecule has 0 aliphatic rings. The van der Waals surface area contributed by atoms with Crippen molar-refractivity contribution in [3.63, 3.8) is 0 Å². The first-order valence-corrected chi connectivity index (χ1v) is 10.1. The van der Waals surface area contributed by atoms with Gasteiger partial charge in [0.2, 0.25) is 0 Å². The van der Waals surface area contributed by atoms with Crippen molar-refractivity contribution in [3.05, 3.63) is 101 Å². The number of carbonyl (C=O) groups excluding carboxylic acids is 1. The smallest absolute Gasteiger partial charge is 0.335 e. The molecule has 8 nitrogen and oxygen atoms in total. The quantitative estimate of drug-likeness (QED) is 0.186. The van der Waals surface area contributed by atoms with Crippen LogP contribution in [-0.4, -0.2) is 22.0 Å². The van der Waals surface area contributed by atoms with Gasteiger partial charge < -0.3 is 5.11 Å². The molecule has 3 rings (SSSR count). The van der Waals surface area contributed by atoms with Crippen molar-refractivity contribution in [1.82, 2.24) is 9.44 Å². The van der Waals surface area contributed by atoms with E-state index in [1.165, 1.54) is 36.0 Å². The SMILES string of the molecule is O=C(NSc1ccccc1)NSc1ccccc1.O=C(O)c1ccc([N+](=O)[O-])cc1.[Cu]. The van der Waals surface area contributed by atoms with Crippen LogP contribution in [0.5, 0.6) is 0 Å². The van der Waals surface area contributed by atoms with Gasteiger partial charge in [-0.05, 0) is 60.3 Å². The number of urea groups is 1. The van der Waals surface area contributed by atoms with Gasteiger partial charge in [-0.15, -0.1) is 0 Å². The van der Waals surface area contributed by atoms with E-state index in [0.29, 0.717) is 0 Å². The standard InChI is InChI=1S/C13H12N2OS2.C7H5NO4.Cu/c16-13(14-17-11-7-3-1-4-8-11)15-18-12-9-5-2-6-10-12;9-7(10)5-1-3-6(4-2-5)8(11)12;/h1-10H,(H2,14,15,16);1-4H,(H,9,10);. The zero-order chi connectivity index (χ0) is 21.8. The van der Waals surface area contributed by atoms with E-state index < -0.39 is 10.9 Å². The number of amides is 2. The van der Waals surface area contributed by atoms with Gasteiger partial charge in [0.05, 0.1) is 10.5 Å². The number of hydrogen-bond donors (Lipinski definition) is 3. The van der Waals surface area contributed by atoms with Gasteiger partial charge in [-0.25, -0.2) is 9.59 Å². The third kappa shape index (κ3) is 10.1. The van der Waals surface area contributed by atoms with Gasteiger partial charge in [-0.1, -0.05) is 36.4 Å². The van der Waals surface area contributed by atoms with Crippen LogP contribution in [0.2, 0.25) is 0 Å². The molecule has 0 fully saturated rings. The molecular formula is C20H17CuN3O5S2. The Morgan fingerprint density at radius 1 is 0.774 bits per heavy atom. The fraction of sp³-hybridized carbons (Fsp3) is 0. The monoisotopic (exact) mass is 506 g/mol. The van der Waals surface area contributed by atoms with Gasteiger partial charge in [0, 0.05) is 39.0 Å². The molecule has 0 spiro atoms. The first-order valence-electron chi connectivity index (χ1n) is 8.43. The van der Waals surface area contributed by atoms with E-state index >= 15 is 0 Å². The molecule has 0 aliphatic carbocycles. The van der Waals surface area contributed by atoms with Crippen LogP contribution in [-0.2, 0) is 17.1 Å². The minimum atomic E-state index is -1.09. The third-order valence-electron chi connectivity index (χ3n) is 3.33. The summed E-state index contributed by atoms with van der Waals surface area (Å²) in [4.78, 5) is 33.4. The van der Waals surface area contributed by atoms with Gasteiger partial charge in [0.1, 0.15) is 0 Å². The summed E-state index contributed by atoms with van der Waals surface area (Å²) in [5, 5.41) is 18.6. The Morgan fingerprint density at radius 2 is 1.19 bits per heavy atom.